The van der Waals surface area contributed by atoms with E-state index in [1.807, 2.05) is 56.3 Å². The summed E-state index contributed by atoms with van der Waals surface area (Å²) >= 11 is 0. The fourth-order valence-corrected chi connectivity index (χ4v) is 2.53. The van der Waals surface area contributed by atoms with Gasteiger partial charge in [-0.1, -0.05) is 30.4 Å². The normalized spacial score (nSPS) is 11.1. The quantitative estimate of drug-likeness (QED) is 0.336. The van der Waals surface area contributed by atoms with Crippen molar-refractivity contribution >= 4 is 35.5 Å². The monoisotopic (exact) mass is 376 g/mol. The number of benzene rings is 2. The standard InChI is InChI=1S/C22H24N4O2/c1-3-5-17(4-2)18-6-8-19(9-7-18)25-22(27)14-28-21-12-10-20(11-13-21)26(15-23)16-24/h3-13,15-16,23-24H,14H2,1-2H3,(H,25,27)/b5-3-,17-4+,23-15?,24-16?. The highest BCUT2D eigenvalue weighted by Crippen LogP contribution is 2.20. The van der Waals surface area contributed by atoms with Crippen LogP contribution in [0.2, 0.25) is 0 Å². The zero-order chi connectivity index (χ0) is 20.4. The number of nitrogens with one attached hydrogen (secondary N) is 3. The Morgan fingerprint density at radius 3 is 2.21 bits per heavy atom. The first-order valence-corrected chi connectivity index (χ1v) is 8.83. The number of carbonyl (C=O) groups is 1. The third-order valence-corrected chi connectivity index (χ3v) is 3.94. The lowest BCUT2D eigenvalue weighted by Gasteiger charge is -2.13. The van der Waals surface area contributed by atoms with Crippen LogP contribution >= 0.6 is 0 Å². The van der Waals surface area contributed by atoms with Crippen LogP contribution in [0.3, 0.4) is 0 Å². The van der Waals surface area contributed by atoms with E-state index < -0.39 is 0 Å². The molecule has 6 nitrogen and oxygen atoms in total. The Bertz CT molecular complexity index is 860. The minimum absolute atomic E-state index is 0.112. The smallest absolute Gasteiger partial charge is 0.262 e. The molecule has 6 heteroatoms. The summed E-state index contributed by atoms with van der Waals surface area (Å²) in [7, 11) is 0. The molecule has 0 radical (unpaired) electrons. The van der Waals surface area contributed by atoms with Crippen molar-refractivity contribution < 1.29 is 9.53 Å². The molecule has 0 bridgehead atoms. The molecule has 28 heavy (non-hydrogen) atoms. The van der Waals surface area contributed by atoms with Gasteiger partial charge in [-0.25, -0.2) is 0 Å². The second-order valence-corrected chi connectivity index (χ2v) is 5.82. The van der Waals surface area contributed by atoms with E-state index in [9.17, 15) is 4.79 Å². The predicted octanol–water partition coefficient (Wildman–Crippen LogP) is 4.70. The molecule has 0 saturated carbocycles. The highest BCUT2D eigenvalue weighted by Gasteiger charge is 2.06. The molecule has 0 fully saturated rings. The van der Waals surface area contributed by atoms with E-state index in [0.29, 0.717) is 17.1 Å². The molecule has 2 aromatic rings. The zero-order valence-corrected chi connectivity index (χ0v) is 16.0. The molecule has 144 valence electrons. The predicted molar refractivity (Wildman–Crippen MR) is 116 cm³/mol. The summed E-state index contributed by atoms with van der Waals surface area (Å²) in [5, 5.41) is 17.3. The van der Waals surface area contributed by atoms with Crippen LogP contribution in [0.1, 0.15) is 19.4 Å². The van der Waals surface area contributed by atoms with Crippen molar-refractivity contribution in [2.45, 2.75) is 13.8 Å². The Kier molecular flexibility index (Phi) is 7.72. The number of anilines is 2. The van der Waals surface area contributed by atoms with E-state index in [1.54, 1.807) is 24.3 Å². The van der Waals surface area contributed by atoms with Crippen LogP contribution in [0.4, 0.5) is 11.4 Å². The fraction of sp³-hybridized carbons (Fsp3) is 0.136. The third-order valence-electron chi connectivity index (χ3n) is 3.94. The topological polar surface area (TPSA) is 89.3 Å². The number of rotatable bonds is 9. The van der Waals surface area contributed by atoms with E-state index >= 15 is 0 Å². The van der Waals surface area contributed by atoms with E-state index in [0.717, 1.165) is 23.8 Å². The first-order chi connectivity index (χ1) is 13.6. The van der Waals surface area contributed by atoms with Gasteiger partial charge < -0.3 is 10.1 Å². The Labute approximate surface area is 165 Å². The summed E-state index contributed by atoms with van der Waals surface area (Å²) in [6, 6.07) is 14.5. The summed E-state index contributed by atoms with van der Waals surface area (Å²) in [5.74, 6) is 0.283. The van der Waals surface area contributed by atoms with Gasteiger partial charge in [0.05, 0.1) is 12.7 Å². The van der Waals surface area contributed by atoms with Crippen LogP contribution in [-0.4, -0.2) is 25.2 Å². The lowest BCUT2D eigenvalue weighted by molar-refractivity contribution is -0.118. The number of allylic oxidation sites excluding steroid dienone is 4. The summed E-state index contributed by atoms with van der Waals surface area (Å²) in [5.41, 5.74) is 3.58. The molecule has 0 spiro atoms. The van der Waals surface area contributed by atoms with Gasteiger partial charge in [0.15, 0.2) is 6.61 Å². The highest BCUT2D eigenvalue weighted by atomic mass is 16.5. The van der Waals surface area contributed by atoms with Crippen molar-refractivity contribution in [3.63, 3.8) is 0 Å². The maximum atomic E-state index is 12.1. The number of ether oxygens (including phenoxy) is 1. The first-order valence-electron chi connectivity index (χ1n) is 8.83. The molecular weight excluding hydrogens is 352 g/mol. The lowest BCUT2D eigenvalue weighted by atomic mass is 10.0. The maximum absolute atomic E-state index is 12.1. The van der Waals surface area contributed by atoms with Crippen LogP contribution in [0.15, 0.2) is 66.8 Å². The minimum atomic E-state index is -0.253. The molecule has 0 aliphatic heterocycles. The lowest BCUT2D eigenvalue weighted by Crippen LogP contribution is -2.20. The molecule has 0 heterocycles. The van der Waals surface area contributed by atoms with Gasteiger partial charge in [0.2, 0.25) is 0 Å². The third kappa shape index (κ3) is 5.67. The molecule has 0 atom stereocenters. The van der Waals surface area contributed by atoms with Gasteiger partial charge in [0.1, 0.15) is 5.75 Å². The molecule has 2 rings (SSSR count). The van der Waals surface area contributed by atoms with Gasteiger partial charge in [-0.2, -0.15) is 0 Å². The molecule has 0 aromatic heterocycles. The number of hydrogen-bond donors (Lipinski definition) is 3. The number of hydrogen-bond acceptors (Lipinski definition) is 4. The van der Waals surface area contributed by atoms with E-state index in [2.05, 4.69) is 5.32 Å². The summed E-state index contributed by atoms with van der Waals surface area (Å²) in [4.78, 5) is 13.4. The van der Waals surface area contributed by atoms with Crippen molar-refractivity contribution in [3.8, 4) is 5.75 Å². The van der Waals surface area contributed by atoms with Crippen molar-refractivity contribution in [1.29, 1.82) is 10.8 Å². The van der Waals surface area contributed by atoms with Crippen molar-refractivity contribution in [3.05, 3.63) is 72.3 Å². The van der Waals surface area contributed by atoms with Crippen LogP contribution in [0.5, 0.6) is 5.75 Å². The van der Waals surface area contributed by atoms with E-state index in [4.69, 9.17) is 15.6 Å². The number of carbonyl (C=O) groups excluding carboxylic acids is 1. The Morgan fingerprint density at radius 1 is 1.04 bits per heavy atom. The van der Waals surface area contributed by atoms with Gasteiger partial charge in [0.25, 0.3) is 5.91 Å². The SMILES string of the molecule is C/C=C\C(=C/C)c1ccc(NC(=O)COc2ccc(N(C=N)C=N)cc2)cc1. The van der Waals surface area contributed by atoms with Crippen molar-refractivity contribution in [2.75, 3.05) is 16.8 Å². The van der Waals surface area contributed by atoms with Gasteiger partial charge in [-0.15, -0.1) is 0 Å². The second-order valence-electron chi connectivity index (χ2n) is 5.82. The second kappa shape index (κ2) is 10.5. The molecule has 3 N–H and O–H groups in total. The average molecular weight is 376 g/mol. The molecule has 1 amide bonds. The Morgan fingerprint density at radius 2 is 1.68 bits per heavy atom. The van der Waals surface area contributed by atoms with Crippen molar-refractivity contribution in [1.82, 2.24) is 0 Å². The fourth-order valence-electron chi connectivity index (χ4n) is 2.53. The number of amides is 1. The molecular formula is C22H24N4O2. The zero-order valence-electron chi connectivity index (χ0n) is 16.0. The first kappa shape index (κ1) is 20.6. The molecule has 0 unspecified atom stereocenters. The van der Waals surface area contributed by atoms with Gasteiger partial charge in [-0.3, -0.25) is 20.5 Å². The van der Waals surface area contributed by atoms with Gasteiger partial charge >= 0.3 is 0 Å². The Hall–Kier alpha value is -3.67. The maximum Gasteiger partial charge on any atom is 0.262 e. The average Bonchev–Trinajstić information content (AvgIpc) is 2.73. The summed E-state index contributed by atoms with van der Waals surface area (Å²) in [6.45, 7) is 3.85. The van der Waals surface area contributed by atoms with Gasteiger partial charge in [-0.05, 0) is 61.4 Å². The van der Waals surface area contributed by atoms with E-state index in [-0.39, 0.29) is 12.5 Å². The van der Waals surface area contributed by atoms with Crippen molar-refractivity contribution in [2.24, 2.45) is 0 Å². The number of nitrogens with zero attached hydrogens (tertiary/aromatic N) is 1. The molecule has 0 aliphatic carbocycles. The van der Waals surface area contributed by atoms with Gasteiger partial charge in [0, 0.05) is 11.4 Å². The van der Waals surface area contributed by atoms with Crippen LogP contribution in [0, 0.1) is 10.8 Å². The molecule has 0 saturated heterocycles. The van der Waals surface area contributed by atoms with E-state index in [1.165, 1.54) is 4.90 Å². The minimum Gasteiger partial charge on any atom is -0.484 e. The molecule has 0 aliphatic rings. The highest BCUT2D eigenvalue weighted by molar-refractivity contribution is 5.97. The Balaban J connectivity index is 1.90. The molecule has 2 aromatic carbocycles. The largest absolute Gasteiger partial charge is 0.484 e. The van der Waals surface area contributed by atoms with Crippen LogP contribution in [0.25, 0.3) is 5.57 Å². The summed E-state index contributed by atoms with van der Waals surface area (Å²) in [6.07, 6.45) is 8.15. The summed E-state index contributed by atoms with van der Waals surface area (Å²) < 4.78 is 5.49. The van der Waals surface area contributed by atoms with Crippen LogP contribution in [-0.2, 0) is 4.79 Å². The van der Waals surface area contributed by atoms with Crippen LogP contribution < -0.4 is 15.0 Å².